The van der Waals surface area contributed by atoms with Crippen molar-refractivity contribution in [2.75, 3.05) is 13.1 Å². The Morgan fingerprint density at radius 1 is 0.967 bits per heavy atom. The van der Waals surface area contributed by atoms with Gasteiger partial charge >= 0.3 is 0 Å². The summed E-state index contributed by atoms with van der Waals surface area (Å²) in [5.74, 6) is -0.277. The number of halogens is 1. The summed E-state index contributed by atoms with van der Waals surface area (Å²) in [7, 11) is 0. The van der Waals surface area contributed by atoms with Crippen LogP contribution in [-0.4, -0.2) is 47.1 Å². The fourth-order valence-corrected chi connectivity index (χ4v) is 4.44. The lowest BCUT2D eigenvalue weighted by molar-refractivity contribution is -0.135. The number of nitrogens with one attached hydrogen (secondary N) is 1. The topological polar surface area (TPSA) is 69.6 Å². The zero-order chi connectivity index (χ0) is 21.1. The second-order valence-electron chi connectivity index (χ2n) is 8.34. The van der Waals surface area contributed by atoms with E-state index in [-0.39, 0.29) is 29.6 Å². The number of rotatable bonds is 4. The molecule has 2 aromatic rings. The third-order valence-corrected chi connectivity index (χ3v) is 6.19. The Kier molecular flexibility index (Phi) is 6.13. The standard InChI is InChI=1S/C24H27FN2O3/c25-20-3-1-2-19(14-20)16-4-6-17(7-5-16)23(29)26-21-10-8-18(9-11-21)24(30)27-13-12-22(28)15-27/h1-7,14,18,21-22,28H,8-13,15H2,(H,26,29). The third-order valence-electron chi connectivity index (χ3n) is 6.19. The summed E-state index contributed by atoms with van der Waals surface area (Å²) < 4.78 is 13.4. The van der Waals surface area contributed by atoms with E-state index in [1.165, 1.54) is 12.1 Å². The molecule has 30 heavy (non-hydrogen) atoms. The van der Waals surface area contributed by atoms with Gasteiger partial charge in [-0.3, -0.25) is 9.59 Å². The normalized spacial score (nSPS) is 23.9. The quantitative estimate of drug-likeness (QED) is 0.812. The van der Waals surface area contributed by atoms with E-state index in [9.17, 15) is 19.1 Å². The van der Waals surface area contributed by atoms with Crippen molar-refractivity contribution in [1.29, 1.82) is 0 Å². The first-order valence-corrected chi connectivity index (χ1v) is 10.6. The molecule has 1 heterocycles. The fraction of sp³-hybridized carbons (Fsp3) is 0.417. The van der Waals surface area contributed by atoms with E-state index in [1.54, 1.807) is 23.1 Å². The van der Waals surface area contributed by atoms with Gasteiger partial charge in [0.15, 0.2) is 0 Å². The number of hydrogen-bond donors (Lipinski definition) is 2. The molecule has 1 saturated carbocycles. The van der Waals surface area contributed by atoms with Crippen LogP contribution in [0.3, 0.4) is 0 Å². The lowest BCUT2D eigenvalue weighted by Crippen LogP contribution is -2.42. The number of hydrogen-bond acceptors (Lipinski definition) is 3. The Morgan fingerprint density at radius 3 is 2.33 bits per heavy atom. The van der Waals surface area contributed by atoms with Crippen LogP contribution in [0.15, 0.2) is 48.5 Å². The highest BCUT2D eigenvalue weighted by Gasteiger charge is 2.33. The molecule has 1 saturated heterocycles. The summed E-state index contributed by atoms with van der Waals surface area (Å²) in [5.41, 5.74) is 2.20. The van der Waals surface area contributed by atoms with Crippen molar-refractivity contribution in [3.8, 4) is 11.1 Å². The number of amides is 2. The van der Waals surface area contributed by atoms with Gasteiger partial charge in [0.2, 0.25) is 5.91 Å². The maximum absolute atomic E-state index is 13.4. The number of carbonyl (C=O) groups excluding carboxylic acids is 2. The van der Waals surface area contributed by atoms with Crippen LogP contribution in [0.5, 0.6) is 0 Å². The second kappa shape index (κ2) is 8.96. The monoisotopic (exact) mass is 410 g/mol. The largest absolute Gasteiger partial charge is 0.391 e. The maximum atomic E-state index is 13.4. The highest BCUT2D eigenvalue weighted by molar-refractivity contribution is 5.95. The SMILES string of the molecule is O=C(NC1CCC(C(=O)N2CCC(O)C2)CC1)c1ccc(-c2cccc(F)c2)cc1. The van der Waals surface area contributed by atoms with E-state index in [0.29, 0.717) is 25.1 Å². The predicted octanol–water partition coefficient (Wildman–Crippen LogP) is 3.37. The minimum absolute atomic E-state index is 0.00555. The van der Waals surface area contributed by atoms with E-state index in [4.69, 9.17) is 0 Å². The molecule has 5 nitrogen and oxygen atoms in total. The van der Waals surface area contributed by atoms with Crippen LogP contribution in [0.2, 0.25) is 0 Å². The van der Waals surface area contributed by atoms with Gasteiger partial charge in [0.05, 0.1) is 6.10 Å². The van der Waals surface area contributed by atoms with E-state index in [1.807, 2.05) is 18.2 Å². The van der Waals surface area contributed by atoms with E-state index in [2.05, 4.69) is 5.32 Å². The minimum Gasteiger partial charge on any atom is -0.391 e. The summed E-state index contributed by atoms with van der Waals surface area (Å²) >= 11 is 0. The number of aliphatic hydroxyl groups excluding tert-OH is 1. The van der Waals surface area contributed by atoms with Crippen LogP contribution in [0.25, 0.3) is 11.1 Å². The molecule has 6 heteroatoms. The van der Waals surface area contributed by atoms with Crippen molar-refractivity contribution in [3.05, 3.63) is 59.9 Å². The lowest BCUT2D eigenvalue weighted by atomic mass is 9.85. The number of β-amino-alcohol motifs (C(OH)–C–C–N with tert-alkyl or cyclic N) is 1. The highest BCUT2D eigenvalue weighted by atomic mass is 19.1. The van der Waals surface area contributed by atoms with Crippen molar-refractivity contribution < 1.29 is 19.1 Å². The molecule has 1 aliphatic heterocycles. The first-order valence-electron chi connectivity index (χ1n) is 10.6. The molecule has 1 atom stereocenters. The van der Waals surface area contributed by atoms with Gasteiger partial charge in [-0.2, -0.15) is 0 Å². The smallest absolute Gasteiger partial charge is 0.251 e. The molecule has 0 spiro atoms. The number of likely N-dealkylation sites (tertiary alicyclic amines) is 1. The van der Waals surface area contributed by atoms with Crippen LogP contribution >= 0.6 is 0 Å². The van der Waals surface area contributed by atoms with Gasteiger partial charge in [0.1, 0.15) is 5.82 Å². The predicted molar refractivity (Wildman–Crippen MR) is 112 cm³/mol. The van der Waals surface area contributed by atoms with Crippen molar-refractivity contribution in [2.45, 2.75) is 44.2 Å². The minimum atomic E-state index is -0.392. The van der Waals surface area contributed by atoms with Crippen molar-refractivity contribution in [2.24, 2.45) is 5.92 Å². The summed E-state index contributed by atoms with van der Waals surface area (Å²) in [6.45, 7) is 1.09. The van der Waals surface area contributed by atoms with Crippen LogP contribution < -0.4 is 5.32 Å². The Bertz CT molecular complexity index is 907. The molecular formula is C24H27FN2O3. The van der Waals surface area contributed by atoms with Gasteiger partial charge in [-0.05, 0) is 67.5 Å². The van der Waals surface area contributed by atoms with Crippen molar-refractivity contribution in [1.82, 2.24) is 10.2 Å². The van der Waals surface area contributed by atoms with Crippen LogP contribution in [0, 0.1) is 11.7 Å². The van der Waals surface area contributed by atoms with Crippen molar-refractivity contribution >= 4 is 11.8 Å². The number of aliphatic hydroxyl groups is 1. The van der Waals surface area contributed by atoms with Gasteiger partial charge in [0.25, 0.3) is 5.91 Å². The maximum Gasteiger partial charge on any atom is 0.251 e. The summed E-state index contributed by atoms with van der Waals surface area (Å²) in [5, 5.41) is 12.7. The summed E-state index contributed by atoms with van der Waals surface area (Å²) in [6.07, 6.45) is 3.34. The van der Waals surface area contributed by atoms with E-state index >= 15 is 0 Å². The van der Waals surface area contributed by atoms with Crippen molar-refractivity contribution in [3.63, 3.8) is 0 Å². The first kappa shape index (κ1) is 20.5. The van der Waals surface area contributed by atoms with Gasteiger partial charge in [-0.15, -0.1) is 0 Å². The highest BCUT2D eigenvalue weighted by Crippen LogP contribution is 2.28. The van der Waals surface area contributed by atoms with Gasteiger partial charge in [-0.25, -0.2) is 4.39 Å². The Labute approximate surface area is 175 Å². The van der Waals surface area contributed by atoms with Gasteiger partial charge in [-0.1, -0.05) is 24.3 Å². The molecule has 2 aromatic carbocycles. The van der Waals surface area contributed by atoms with E-state index < -0.39 is 6.10 Å². The molecule has 4 rings (SSSR count). The molecule has 2 N–H and O–H groups in total. The molecule has 2 amide bonds. The third kappa shape index (κ3) is 4.70. The zero-order valence-corrected chi connectivity index (χ0v) is 16.9. The number of nitrogens with zero attached hydrogens (tertiary/aromatic N) is 1. The van der Waals surface area contributed by atoms with Crippen LogP contribution in [-0.2, 0) is 4.79 Å². The van der Waals surface area contributed by atoms with Crippen LogP contribution in [0.1, 0.15) is 42.5 Å². The Morgan fingerprint density at radius 2 is 1.70 bits per heavy atom. The summed E-state index contributed by atoms with van der Waals surface area (Å²) in [4.78, 5) is 26.9. The van der Waals surface area contributed by atoms with Gasteiger partial charge in [0, 0.05) is 30.6 Å². The molecule has 158 valence electrons. The molecule has 0 bridgehead atoms. The molecular weight excluding hydrogens is 383 g/mol. The molecule has 1 unspecified atom stereocenters. The average molecular weight is 410 g/mol. The Balaban J connectivity index is 1.29. The number of benzene rings is 2. The van der Waals surface area contributed by atoms with Crippen LogP contribution in [0.4, 0.5) is 4.39 Å². The Hall–Kier alpha value is -2.73. The molecule has 0 aromatic heterocycles. The average Bonchev–Trinajstić information content (AvgIpc) is 3.20. The molecule has 2 fully saturated rings. The molecule has 2 aliphatic rings. The second-order valence-corrected chi connectivity index (χ2v) is 8.34. The molecule has 1 aliphatic carbocycles. The zero-order valence-electron chi connectivity index (χ0n) is 16.9. The fourth-order valence-electron chi connectivity index (χ4n) is 4.44. The molecule has 0 radical (unpaired) electrons. The van der Waals surface area contributed by atoms with Gasteiger partial charge < -0.3 is 15.3 Å². The summed E-state index contributed by atoms with van der Waals surface area (Å²) in [6, 6.07) is 13.6. The number of carbonyl (C=O) groups is 2. The lowest BCUT2D eigenvalue weighted by Gasteiger charge is -2.30. The van der Waals surface area contributed by atoms with E-state index in [0.717, 1.165) is 36.8 Å². The first-order chi connectivity index (χ1) is 14.5.